The van der Waals surface area contributed by atoms with Gasteiger partial charge in [0.25, 0.3) is 0 Å². The molecule has 1 aliphatic heterocycles. The zero-order chi connectivity index (χ0) is 18.0. The quantitative estimate of drug-likeness (QED) is 0.906. The summed E-state index contributed by atoms with van der Waals surface area (Å²) in [6.45, 7) is 2.87. The zero-order valence-corrected chi connectivity index (χ0v) is 14.9. The second-order valence-electron chi connectivity index (χ2n) is 6.29. The van der Waals surface area contributed by atoms with Gasteiger partial charge in [0.15, 0.2) is 0 Å². The van der Waals surface area contributed by atoms with Gasteiger partial charge in [0.2, 0.25) is 10.0 Å². The summed E-state index contributed by atoms with van der Waals surface area (Å²) in [5.41, 5.74) is 2.21. The Balaban J connectivity index is 1.96. The number of aromatic carboxylic acids is 1. The van der Waals surface area contributed by atoms with E-state index in [9.17, 15) is 18.3 Å². The maximum Gasteiger partial charge on any atom is 0.336 e. The molecule has 2 aromatic rings. The van der Waals surface area contributed by atoms with Crippen LogP contribution in [0.2, 0.25) is 0 Å². The van der Waals surface area contributed by atoms with Crippen LogP contribution in [-0.4, -0.2) is 36.9 Å². The molecule has 132 valence electrons. The van der Waals surface area contributed by atoms with Gasteiger partial charge < -0.3 is 5.11 Å². The summed E-state index contributed by atoms with van der Waals surface area (Å²) in [6, 6.07) is 11.8. The van der Waals surface area contributed by atoms with Crippen molar-refractivity contribution < 1.29 is 18.3 Å². The van der Waals surface area contributed by atoms with E-state index >= 15 is 0 Å². The number of aryl methyl sites for hydroxylation is 1. The normalized spacial score (nSPS) is 15.9. The average molecular weight is 359 g/mol. The Labute approximate surface area is 148 Å². The Hall–Kier alpha value is -2.18. The number of hydrogen-bond acceptors (Lipinski definition) is 3. The molecule has 1 N–H and O–H groups in total. The van der Waals surface area contributed by atoms with Gasteiger partial charge in [-0.15, -0.1) is 0 Å². The van der Waals surface area contributed by atoms with Gasteiger partial charge in [0.05, 0.1) is 10.5 Å². The highest BCUT2D eigenvalue weighted by Gasteiger charge is 2.26. The molecule has 0 atom stereocenters. The number of benzene rings is 2. The third-order valence-corrected chi connectivity index (χ3v) is 6.52. The van der Waals surface area contributed by atoms with Crippen LogP contribution in [0.5, 0.6) is 0 Å². The minimum atomic E-state index is -3.48. The molecule has 5 nitrogen and oxygen atoms in total. The average Bonchev–Trinajstić information content (AvgIpc) is 2.62. The first-order valence-electron chi connectivity index (χ1n) is 8.35. The number of hydrogen-bond donors (Lipinski definition) is 1. The van der Waals surface area contributed by atoms with Crippen LogP contribution in [0, 0.1) is 6.92 Å². The number of carbonyl (C=O) groups is 1. The lowest BCUT2D eigenvalue weighted by Crippen LogP contribution is -2.35. The fourth-order valence-corrected chi connectivity index (χ4v) is 4.77. The molecule has 2 aromatic carbocycles. The Bertz CT molecular complexity index is 882. The molecule has 0 spiro atoms. The SMILES string of the molecule is Cc1cccc(-c2ccc(S(=O)(=O)N3CCCCC3)cc2)c1C(=O)O. The lowest BCUT2D eigenvalue weighted by molar-refractivity contribution is 0.0697. The molecule has 25 heavy (non-hydrogen) atoms. The summed E-state index contributed by atoms with van der Waals surface area (Å²) in [5, 5.41) is 9.46. The Kier molecular flexibility index (Phi) is 4.92. The summed E-state index contributed by atoms with van der Waals surface area (Å²) in [5.74, 6) is -0.988. The molecule has 0 radical (unpaired) electrons. The number of carboxylic acid groups (broad SMARTS) is 1. The van der Waals surface area contributed by atoms with Crippen molar-refractivity contribution >= 4 is 16.0 Å². The van der Waals surface area contributed by atoms with E-state index in [1.165, 1.54) is 4.31 Å². The van der Waals surface area contributed by atoms with E-state index in [0.29, 0.717) is 29.8 Å². The van der Waals surface area contributed by atoms with Crippen molar-refractivity contribution in [3.8, 4) is 11.1 Å². The maximum absolute atomic E-state index is 12.7. The van der Waals surface area contributed by atoms with Crippen molar-refractivity contribution in [2.24, 2.45) is 0 Å². The van der Waals surface area contributed by atoms with Crippen molar-refractivity contribution in [1.29, 1.82) is 0 Å². The Morgan fingerprint density at radius 2 is 1.64 bits per heavy atom. The highest BCUT2D eigenvalue weighted by atomic mass is 32.2. The van der Waals surface area contributed by atoms with Crippen molar-refractivity contribution in [1.82, 2.24) is 4.31 Å². The van der Waals surface area contributed by atoms with E-state index in [0.717, 1.165) is 19.3 Å². The van der Waals surface area contributed by atoms with Gasteiger partial charge in [-0.1, -0.05) is 36.8 Å². The summed E-state index contributed by atoms with van der Waals surface area (Å²) in [4.78, 5) is 11.8. The largest absolute Gasteiger partial charge is 0.478 e. The number of nitrogens with zero attached hydrogens (tertiary/aromatic N) is 1. The molecule has 0 saturated carbocycles. The van der Waals surface area contributed by atoms with Crippen molar-refractivity contribution in [2.75, 3.05) is 13.1 Å². The molecule has 1 fully saturated rings. The van der Waals surface area contributed by atoms with Crippen LogP contribution < -0.4 is 0 Å². The molecular formula is C19H21NO4S. The van der Waals surface area contributed by atoms with Gasteiger partial charge in [0, 0.05) is 13.1 Å². The van der Waals surface area contributed by atoms with Crippen molar-refractivity contribution in [2.45, 2.75) is 31.1 Å². The lowest BCUT2D eigenvalue weighted by atomic mass is 9.96. The summed E-state index contributed by atoms with van der Waals surface area (Å²) < 4.78 is 26.9. The summed E-state index contributed by atoms with van der Waals surface area (Å²) in [6.07, 6.45) is 2.85. The zero-order valence-electron chi connectivity index (χ0n) is 14.1. The van der Waals surface area contributed by atoms with Gasteiger partial charge in [0.1, 0.15) is 0 Å². The minimum absolute atomic E-state index is 0.245. The van der Waals surface area contributed by atoms with Gasteiger partial charge in [-0.2, -0.15) is 4.31 Å². The van der Waals surface area contributed by atoms with Crippen LogP contribution in [0.1, 0.15) is 35.2 Å². The van der Waals surface area contributed by atoms with E-state index in [4.69, 9.17) is 0 Å². The number of rotatable bonds is 4. The first-order chi connectivity index (χ1) is 11.9. The molecule has 0 unspecified atom stereocenters. The van der Waals surface area contributed by atoms with E-state index in [2.05, 4.69) is 0 Å². The van der Waals surface area contributed by atoms with Crippen LogP contribution in [0.25, 0.3) is 11.1 Å². The van der Waals surface area contributed by atoms with Crippen molar-refractivity contribution in [3.63, 3.8) is 0 Å². The molecule has 0 bridgehead atoms. The summed E-state index contributed by atoms with van der Waals surface area (Å²) >= 11 is 0. The number of piperidine rings is 1. The van der Waals surface area contributed by atoms with Crippen LogP contribution in [0.15, 0.2) is 47.4 Å². The van der Waals surface area contributed by atoms with Crippen LogP contribution >= 0.6 is 0 Å². The van der Waals surface area contributed by atoms with Gasteiger partial charge in [-0.25, -0.2) is 13.2 Å². The van der Waals surface area contributed by atoms with Crippen LogP contribution in [0.4, 0.5) is 0 Å². The first-order valence-corrected chi connectivity index (χ1v) is 9.79. The fraction of sp³-hybridized carbons (Fsp3) is 0.316. The van der Waals surface area contributed by atoms with E-state index < -0.39 is 16.0 Å². The molecule has 0 aromatic heterocycles. The van der Waals surface area contributed by atoms with Crippen molar-refractivity contribution in [3.05, 3.63) is 53.6 Å². The molecule has 6 heteroatoms. The van der Waals surface area contributed by atoms with Crippen LogP contribution in [0.3, 0.4) is 0 Å². The second-order valence-corrected chi connectivity index (χ2v) is 8.23. The molecule has 0 aliphatic carbocycles. The number of sulfonamides is 1. The van der Waals surface area contributed by atoms with Gasteiger partial charge in [-0.05, 0) is 48.6 Å². The Morgan fingerprint density at radius 3 is 2.24 bits per heavy atom. The Morgan fingerprint density at radius 1 is 1.00 bits per heavy atom. The third kappa shape index (κ3) is 3.45. The molecular weight excluding hydrogens is 338 g/mol. The fourth-order valence-electron chi connectivity index (χ4n) is 3.25. The molecule has 0 amide bonds. The van der Waals surface area contributed by atoms with E-state index in [-0.39, 0.29) is 10.5 Å². The molecule has 3 rings (SSSR count). The smallest absolute Gasteiger partial charge is 0.336 e. The standard InChI is InChI=1S/C19H21NO4S/c1-14-6-5-7-17(18(14)19(21)22)15-8-10-16(11-9-15)25(23,24)20-12-3-2-4-13-20/h5-11H,2-4,12-13H2,1H3,(H,21,22). The monoisotopic (exact) mass is 359 g/mol. The lowest BCUT2D eigenvalue weighted by Gasteiger charge is -2.25. The van der Waals surface area contributed by atoms with E-state index in [1.807, 2.05) is 0 Å². The summed E-state index contributed by atoms with van der Waals surface area (Å²) in [7, 11) is -3.48. The van der Waals surface area contributed by atoms with Crippen LogP contribution in [-0.2, 0) is 10.0 Å². The highest BCUT2D eigenvalue weighted by Crippen LogP contribution is 2.28. The molecule has 1 heterocycles. The molecule has 1 saturated heterocycles. The second kappa shape index (κ2) is 6.98. The predicted molar refractivity (Wildman–Crippen MR) is 96.2 cm³/mol. The van der Waals surface area contributed by atoms with Gasteiger partial charge >= 0.3 is 5.97 Å². The number of carboxylic acids is 1. The third-order valence-electron chi connectivity index (χ3n) is 4.60. The van der Waals surface area contributed by atoms with E-state index in [1.54, 1.807) is 49.4 Å². The first kappa shape index (κ1) is 17.6. The van der Waals surface area contributed by atoms with Gasteiger partial charge in [-0.3, -0.25) is 0 Å². The highest BCUT2D eigenvalue weighted by molar-refractivity contribution is 7.89. The minimum Gasteiger partial charge on any atom is -0.478 e. The topological polar surface area (TPSA) is 74.7 Å². The molecule has 1 aliphatic rings. The predicted octanol–water partition coefficient (Wildman–Crippen LogP) is 3.53. The maximum atomic E-state index is 12.7.